The second kappa shape index (κ2) is 8.44. The number of carbonyl (C=O) groups is 1. The molecule has 1 fully saturated rings. The minimum atomic E-state index is -0.665. The molecule has 1 aromatic rings. The van der Waals surface area contributed by atoms with Gasteiger partial charge in [-0.05, 0) is 50.8 Å². The summed E-state index contributed by atoms with van der Waals surface area (Å²) in [5.41, 5.74) is 1.30. The maximum absolute atomic E-state index is 10.7. The van der Waals surface area contributed by atoms with Crippen LogP contribution in [0.1, 0.15) is 31.2 Å². The number of nitrogens with zero attached hydrogens (tertiary/aromatic N) is 1. The van der Waals surface area contributed by atoms with Crippen molar-refractivity contribution in [1.82, 2.24) is 4.90 Å². The molecule has 1 unspecified atom stereocenters. The van der Waals surface area contributed by atoms with Crippen LogP contribution in [0.15, 0.2) is 29.2 Å². The van der Waals surface area contributed by atoms with E-state index in [9.17, 15) is 4.79 Å². The van der Waals surface area contributed by atoms with E-state index in [-0.39, 0.29) is 0 Å². The molecule has 0 amide bonds. The monoisotopic (exact) mass is 307 g/mol. The van der Waals surface area contributed by atoms with Crippen LogP contribution >= 0.6 is 11.8 Å². The molecular weight excluding hydrogens is 282 g/mol. The second-order valence-electron chi connectivity index (χ2n) is 5.90. The predicted octanol–water partition coefficient (Wildman–Crippen LogP) is 3.66. The number of thioether (sulfide) groups is 1. The van der Waals surface area contributed by atoms with Crippen molar-refractivity contribution in [3.05, 3.63) is 29.8 Å². The third-order valence-corrected chi connectivity index (χ3v) is 5.06. The number of piperidine rings is 1. The van der Waals surface area contributed by atoms with E-state index in [1.807, 2.05) is 11.8 Å². The average Bonchev–Trinajstić information content (AvgIpc) is 2.48. The van der Waals surface area contributed by atoms with E-state index in [2.05, 4.69) is 36.1 Å². The fourth-order valence-corrected chi connectivity index (χ4v) is 3.76. The molecule has 1 saturated heterocycles. The number of benzene rings is 1. The van der Waals surface area contributed by atoms with Crippen LogP contribution in [0.4, 0.5) is 0 Å². The number of likely N-dealkylation sites (tertiary alicyclic amines) is 1. The van der Waals surface area contributed by atoms with Crippen molar-refractivity contribution in [3.8, 4) is 0 Å². The van der Waals surface area contributed by atoms with Crippen LogP contribution in [0.2, 0.25) is 0 Å². The maximum atomic E-state index is 10.7. The van der Waals surface area contributed by atoms with Crippen LogP contribution in [-0.4, -0.2) is 41.4 Å². The highest BCUT2D eigenvalue weighted by Gasteiger charge is 2.20. The maximum Gasteiger partial charge on any atom is 0.303 e. The van der Waals surface area contributed by atoms with Gasteiger partial charge < -0.3 is 10.0 Å². The molecule has 2 rings (SSSR count). The lowest BCUT2D eigenvalue weighted by Gasteiger charge is -2.32. The molecule has 3 nitrogen and oxygen atoms in total. The van der Waals surface area contributed by atoms with Crippen molar-refractivity contribution in [3.63, 3.8) is 0 Å². The molecule has 4 heteroatoms. The largest absolute Gasteiger partial charge is 0.481 e. The van der Waals surface area contributed by atoms with Crippen LogP contribution in [0.25, 0.3) is 0 Å². The molecule has 1 heterocycles. The van der Waals surface area contributed by atoms with Crippen molar-refractivity contribution in [2.24, 2.45) is 5.92 Å². The molecule has 1 aliphatic rings. The van der Waals surface area contributed by atoms with Crippen molar-refractivity contribution >= 4 is 17.7 Å². The molecule has 1 N–H and O–H groups in total. The lowest BCUT2D eigenvalue weighted by molar-refractivity contribution is -0.137. The first-order valence-corrected chi connectivity index (χ1v) is 8.75. The number of hydrogen-bond donors (Lipinski definition) is 1. The number of carboxylic acids is 1. The topological polar surface area (TPSA) is 40.5 Å². The minimum Gasteiger partial charge on any atom is -0.481 e. The highest BCUT2D eigenvalue weighted by molar-refractivity contribution is 7.99. The lowest BCUT2D eigenvalue weighted by atomic mass is 9.93. The lowest BCUT2D eigenvalue weighted by Crippen LogP contribution is -2.37. The normalized spacial score (nSPS) is 19.6. The third kappa shape index (κ3) is 6.10. The van der Waals surface area contributed by atoms with E-state index in [1.54, 1.807) is 0 Å². The van der Waals surface area contributed by atoms with E-state index >= 15 is 0 Å². The molecule has 0 bridgehead atoms. The molecule has 0 aromatic heterocycles. The Kier molecular flexibility index (Phi) is 6.58. The Balaban J connectivity index is 1.68. The smallest absolute Gasteiger partial charge is 0.303 e. The standard InChI is InChI=1S/C17H25NO2S/c1-14-4-7-16(8-5-14)21-12-11-18-10-2-3-15(13-18)6-9-17(19)20/h4-5,7-8,15H,2-3,6,9-13H2,1H3,(H,19,20). The SMILES string of the molecule is Cc1ccc(SCCN2CCCC(CCC(=O)O)C2)cc1. The Morgan fingerprint density at radius 2 is 2.14 bits per heavy atom. The van der Waals surface area contributed by atoms with Gasteiger partial charge in [0.2, 0.25) is 0 Å². The summed E-state index contributed by atoms with van der Waals surface area (Å²) in [5.74, 6) is 1.01. The van der Waals surface area contributed by atoms with Crippen LogP contribution in [0.3, 0.4) is 0 Å². The quantitative estimate of drug-likeness (QED) is 0.780. The Labute approximate surface area is 131 Å². The van der Waals surface area contributed by atoms with E-state index in [0.717, 1.165) is 31.8 Å². The molecule has 0 aliphatic carbocycles. The van der Waals surface area contributed by atoms with Crippen LogP contribution in [-0.2, 0) is 4.79 Å². The van der Waals surface area contributed by atoms with Gasteiger partial charge in [0.25, 0.3) is 0 Å². The van der Waals surface area contributed by atoms with Gasteiger partial charge in [-0.25, -0.2) is 0 Å². The van der Waals surface area contributed by atoms with Gasteiger partial charge in [-0.1, -0.05) is 17.7 Å². The van der Waals surface area contributed by atoms with Gasteiger partial charge in [-0.3, -0.25) is 4.79 Å². The summed E-state index contributed by atoms with van der Waals surface area (Å²) < 4.78 is 0. The van der Waals surface area contributed by atoms with Gasteiger partial charge >= 0.3 is 5.97 Å². The van der Waals surface area contributed by atoms with Crippen molar-refractivity contribution in [2.75, 3.05) is 25.4 Å². The highest BCUT2D eigenvalue weighted by atomic mass is 32.2. The number of aliphatic carboxylic acids is 1. The first kappa shape index (κ1) is 16.4. The molecule has 1 aliphatic heterocycles. The van der Waals surface area contributed by atoms with Gasteiger partial charge in [0.1, 0.15) is 0 Å². The van der Waals surface area contributed by atoms with Crippen molar-refractivity contribution < 1.29 is 9.90 Å². The summed E-state index contributed by atoms with van der Waals surface area (Å²) in [7, 11) is 0. The first-order chi connectivity index (χ1) is 10.1. The van der Waals surface area contributed by atoms with Crippen LogP contribution < -0.4 is 0 Å². The summed E-state index contributed by atoms with van der Waals surface area (Å²) in [6.07, 6.45) is 3.54. The van der Waals surface area contributed by atoms with Gasteiger partial charge in [-0.15, -0.1) is 11.8 Å². The summed E-state index contributed by atoms with van der Waals surface area (Å²) in [6.45, 7) is 5.45. The van der Waals surface area contributed by atoms with Gasteiger partial charge in [0.05, 0.1) is 0 Å². The third-order valence-electron chi connectivity index (χ3n) is 4.07. The second-order valence-corrected chi connectivity index (χ2v) is 7.07. The summed E-state index contributed by atoms with van der Waals surface area (Å²) in [6, 6.07) is 8.69. The summed E-state index contributed by atoms with van der Waals surface area (Å²) in [4.78, 5) is 14.5. The number of aryl methyl sites for hydroxylation is 1. The zero-order valence-electron chi connectivity index (χ0n) is 12.8. The molecule has 1 atom stereocenters. The fourth-order valence-electron chi connectivity index (χ4n) is 2.84. The number of rotatable bonds is 7. The Morgan fingerprint density at radius 3 is 2.86 bits per heavy atom. The Bertz CT molecular complexity index is 447. The molecule has 0 spiro atoms. The number of carboxylic acid groups (broad SMARTS) is 1. The molecule has 1 aromatic carbocycles. The zero-order chi connectivity index (χ0) is 15.1. The van der Waals surface area contributed by atoms with Crippen molar-refractivity contribution in [1.29, 1.82) is 0 Å². The Morgan fingerprint density at radius 1 is 1.38 bits per heavy atom. The van der Waals surface area contributed by atoms with E-state index in [4.69, 9.17) is 5.11 Å². The molecule has 116 valence electrons. The predicted molar refractivity (Wildman–Crippen MR) is 87.9 cm³/mol. The van der Waals surface area contributed by atoms with Gasteiger partial charge in [-0.2, -0.15) is 0 Å². The van der Waals surface area contributed by atoms with Crippen LogP contribution in [0, 0.1) is 12.8 Å². The molecule has 0 saturated carbocycles. The average molecular weight is 307 g/mol. The molecule has 21 heavy (non-hydrogen) atoms. The molecule has 0 radical (unpaired) electrons. The summed E-state index contributed by atoms with van der Waals surface area (Å²) in [5, 5.41) is 8.78. The fraction of sp³-hybridized carbons (Fsp3) is 0.588. The highest BCUT2D eigenvalue weighted by Crippen LogP contribution is 2.23. The van der Waals surface area contributed by atoms with E-state index < -0.39 is 5.97 Å². The van der Waals surface area contributed by atoms with Gasteiger partial charge in [0, 0.05) is 30.2 Å². The van der Waals surface area contributed by atoms with Gasteiger partial charge in [0.15, 0.2) is 0 Å². The first-order valence-electron chi connectivity index (χ1n) is 7.77. The van der Waals surface area contributed by atoms with E-state index in [1.165, 1.54) is 23.3 Å². The zero-order valence-corrected chi connectivity index (χ0v) is 13.6. The van der Waals surface area contributed by atoms with Crippen LogP contribution in [0.5, 0.6) is 0 Å². The van der Waals surface area contributed by atoms with E-state index in [0.29, 0.717) is 12.3 Å². The molecular formula is C17H25NO2S. The minimum absolute atomic E-state index is 0.316. The van der Waals surface area contributed by atoms with Crippen molar-refractivity contribution in [2.45, 2.75) is 37.5 Å². The summed E-state index contributed by atoms with van der Waals surface area (Å²) >= 11 is 1.91. The number of hydrogen-bond acceptors (Lipinski definition) is 3. The Hall–Kier alpha value is -1.00.